The minimum absolute atomic E-state index is 0.272. The van der Waals surface area contributed by atoms with Gasteiger partial charge in [0.1, 0.15) is 6.54 Å². The number of ether oxygens (including phenoxy) is 1. The molecule has 0 N–H and O–H groups in total. The Morgan fingerprint density at radius 2 is 1.56 bits per heavy atom. The number of benzene rings is 2. The summed E-state index contributed by atoms with van der Waals surface area (Å²) < 4.78 is 6.14. The molecule has 1 aliphatic rings. The van der Waals surface area contributed by atoms with Crippen LogP contribution < -0.4 is 5.56 Å². The zero-order valence-corrected chi connectivity index (χ0v) is 14.0. The lowest BCUT2D eigenvalue weighted by molar-refractivity contribution is -0.147. The number of fused-ring (bicyclic) bond motifs is 2. The van der Waals surface area contributed by atoms with Crippen LogP contribution in [-0.2, 0) is 16.1 Å². The molecule has 0 saturated heterocycles. The number of aromatic nitrogens is 2. The Kier molecular flexibility index (Phi) is 4.00. The van der Waals surface area contributed by atoms with Crippen molar-refractivity contribution >= 4 is 28.7 Å². The van der Waals surface area contributed by atoms with Gasteiger partial charge in [0.2, 0.25) is 0 Å². The van der Waals surface area contributed by atoms with E-state index in [1.807, 2.05) is 0 Å². The van der Waals surface area contributed by atoms with Crippen LogP contribution in [0, 0.1) is 0 Å². The molecule has 1 aromatic heterocycles. The minimum atomic E-state index is -0.759. The second-order valence-corrected chi connectivity index (χ2v) is 5.92. The average Bonchev–Trinajstić information content (AvgIpc) is 2.93. The van der Waals surface area contributed by atoms with E-state index in [2.05, 4.69) is 4.98 Å². The van der Waals surface area contributed by atoms with Crippen LogP contribution in [0.15, 0.2) is 59.7 Å². The second kappa shape index (κ2) is 6.49. The maximum absolute atomic E-state index is 12.4. The van der Waals surface area contributed by atoms with Crippen molar-refractivity contribution in [3.05, 3.63) is 76.3 Å². The van der Waals surface area contributed by atoms with E-state index in [-0.39, 0.29) is 23.2 Å². The fourth-order valence-electron chi connectivity index (χ4n) is 2.90. The zero-order valence-electron chi connectivity index (χ0n) is 14.0. The molecule has 2 amide bonds. The number of nitrogens with zero attached hydrogens (tertiary/aromatic N) is 3. The number of esters is 1. The molecule has 0 bridgehead atoms. The van der Waals surface area contributed by atoms with Gasteiger partial charge >= 0.3 is 5.97 Å². The lowest BCUT2D eigenvalue weighted by Gasteiger charge is -2.14. The van der Waals surface area contributed by atoms with Crippen LogP contribution in [0.1, 0.15) is 20.7 Å². The summed E-state index contributed by atoms with van der Waals surface area (Å²) in [7, 11) is 0. The molecule has 8 heteroatoms. The highest BCUT2D eigenvalue weighted by Crippen LogP contribution is 2.22. The molecule has 27 heavy (non-hydrogen) atoms. The molecule has 4 rings (SSSR count). The van der Waals surface area contributed by atoms with Crippen molar-refractivity contribution in [1.29, 1.82) is 0 Å². The number of para-hydroxylation sites is 1. The predicted molar refractivity (Wildman–Crippen MR) is 93.9 cm³/mol. The lowest BCUT2D eigenvalue weighted by Crippen LogP contribution is -2.34. The van der Waals surface area contributed by atoms with E-state index in [4.69, 9.17) is 4.74 Å². The molecule has 8 nitrogen and oxygen atoms in total. The molecular weight excluding hydrogens is 350 g/mol. The van der Waals surface area contributed by atoms with Gasteiger partial charge in [-0.15, -0.1) is 0 Å². The minimum Gasteiger partial charge on any atom is -0.442 e. The van der Waals surface area contributed by atoms with Crippen molar-refractivity contribution < 1.29 is 19.1 Å². The summed E-state index contributed by atoms with van der Waals surface area (Å²) in [5.41, 5.74) is 0.693. The fraction of sp³-hybridized carbons (Fsp3) is 0.105. The van der Waals surface area contributed by atoms with Gasteiger partial charge in [0.15, 0.2) is 6.73 Å². The summed E-state index contributed by atoms with van der Waals surface area (Å²) in [4.78, 5) is 53.9. The summed E-state index contributed by atoms with van der Waals surface area (Å²) in [6.45, 7) is -0.888. The van der Waals surface area contributed by atoms with Crippen molar-refractivity contribution in [2.75, 3.05) is 6.73 Å². The molecule has 0 spiro atoms. The van der Waals surface area contributed by atoms with Crippen LogP contribution in [0.4, 0.5) is 0 Å². The monoisotopic (exact) mass is 363 g/mol. The Bertz CT molecular complexity index is 1120. The Morgan fingerprint density at radius 1 is 0.926 bits per heavy atom. The summed E-state index contributed by atoms with van der Waals surface area (Å²) in [5.74, 6) is -1.80. The van der Waals surface area contributed by atoms with Crippen molar-refractivity contribution in [2.24, 2.45) is 0 Å². The summed E-state index contributed by atoms with van der Waals surface area (Å²) in [6.07, 6.45) is 1.26. The molecule has 0 fully saturated rings. The highest BCUT2D eigenvalue weighted by Gasteiger charge is 2.35. The van der Waals surface area contributed by atoms with Crippen molar-refractivity contribution in [1.82, 2.24) is 14.5 Å². The number of imide groups is 1. The summed E-state index contributed by atoms with van der Waals surface area (Å²) in [6, 6.07) is 13.2. The third kappa shape index (κ3) is 2.86. The van der Waals surface area contributed by atoms with Crippen LogP contribution in [0.2, 0.25) is 0 Å². The molecule has 2 aromatic carbocycles. The Hall–Kier alpha value is -3.81. The summed E-state index contributed by atoms with van der Waals surface area (Å²) >= 11 is 0. The molecule has 1 aliphatic heterocycles. The highest BCUT2D eigenvalue weighted by atomic mass is 16.5. The van der Waals surface area contributed by atoms with Crippen molar-refractivity contribution in [2.45, 2.75) is 6.54 Å². The standard InChI is InChI=1S/C19H13N3O5/c23-16(9-21-10-20-15-8-4-3-7-14(15)17(21)24)27-11-22-18(25)12-5-1-2-6-13(12)19(22)26/h1-8,10H,9,11H2. The highest BCUT2D eigenvalue weighted by molar-refractivity contribution is 6.21. The molecule has 3 aromatic rings. The smallest absolute Gasteiger partial charge is 0.327 e. The van der Waals surface area contributed by atoms with Crippen molar-refractivity contribution in [3.8, 4) is 0 Å². The van der Waals surface area contributed by atoms with Gasteiger partial charge in [-0.2, -0.15) is 0 Å². The van der Waals surface area contributed by atoms with E-state index < -0.39 is 24.5 Å². The average molecular weight is 363 g/mol. The number of carbonyl (C=O) groups excluding carboxylic acids is 3. The normalized spacial score (nSPS) is 13.1. The van der Waals surface area contributed by atoms with Gasteiger partial charge in [-0.3, -0.25) is 23.7 Å². The molecule has 0 radical (unpaired) electrons. The Morgan fingerprint density at radius 3 is 2.26 bits per heavy atom. The first-order chi connectivity index (χ1) is 13.1. The van der Waals surface area contributed by atoms with Gasteiger partial charge in [-0.05, 0) is 24.3 Å². The first-order valence-electron chi connectivity index (χ1n) is 8.11. The van der Waals surface area contributed by atoms with Crippen LogP contribution in [0.3, 0.4) is 0 Å². The number of amides is 2. The van der Waals surface area contributed by atoms with Gasteiger partial charge in [0, 0.05) is 0 Å². The molecule has 0 aliphatic carbocycles. The third-order valence-electron chi connectivity index (χ3n) is 4.26. The first kappa shape index (κ1) is 16.6. The van der Waals surface area contributed by atoms with Gasteiger partial charge in [-0.1, -0.05) is 24.3 Å². The molecule has 134 valence electrons. The SMILES string of the molecule is O=C(Cn1cnc2ccccc2c1=O)OCN1C(=O)c2ccccc2C1=O. The number of hydrogen-bond donors (Lipinski definition) is 0. The number of hydrogen-bond acceptors (Lipinski definition) is 6. The second-order valence-electron chi connectivity index (χ2n) is 5.92. The Balaban J connectivity index is 1.46. The molecular formula is C19H13N3O5. The predicted octanol–water partition coefficient (Wildman–Crippen LogP) is 1.19. The maximum atomic E-state index is 12.4. The zero-order chi connectivity index (χ0) is 19.0. The Labute approximate surface area is 152 Å². The largest absolute Gasteiger partial charge is 0.442 e. The number of carbonyl (C=O) groups is 3. The molecule has 0 atom stereocenters. The van der Waals surface area contributed by atoms with Gasteiger partial charge in [0.25, 0.3) is 17.4 Å². The molecule has 0 saturated carbocycles. The van der Waals surface area contributed by atoms with Crippen LogP contribution in [-0.4, -0.2) is 39.0 Å². The van der Waals surface area contributed by atoms with Gasteiger partial charge in [0.05, 0.1) is 28.4 Å². The topological polar surface area (TPSA) is 98.6 Å². The lowest BCUT2D eigenvalue weighted by atomic mass is 10.1. The van der Waals surface area contributed by atoms with E-state index in [0.717, 1.165) is 9.47 Å². The van der Waals surface area contributed by atoms with E-state index >= 15 is 0 Å². The van der Waals surface area contributed by atoms with Crippen LogP contribution in [0.5, 0.6) is 0 Å². The first-order valence-corrected chi connectivity index (χ1v) is 8.11. The maximum Gasteiger partial charge on any atom is 0.327 e. The fourth-order valence-corrected chi connectivity index (χ4v) is 2.90. The van der Waals surface area contributed by atoms with E-state index in [1.165, 1.54) is 18.5 Å². The van der Waals surface area contributed by atoms with E-state index in [9.17, 15) is 19.2 Å². The van der Waals surface area contributed by atoms with Crippen molar-refractivity contribution in [3.63, 3.8) is 0 Å². The number of rotatable bonds is 4. The van der Waals surface area contributed by atoms with Gasteiger partial charge in [-0.25, -0.2) is 9.88 Å². The third-order valence-corrected chi connectivity index (χ3v) is 4.26. The van der Waals surface area contributed by atoms with Gasteiger partial charge < -0.3 is 4.74 Å². The molecule has 2 heterocycles. The van der Waals surface area contributed by atoms with Crippen LogP contribution in [0.25, 0.3) is 10.9 Å². The van der Waals surface area contributed by atoms with Crippen LogP contribution >= 0.6 is 0 Å². The molecule has 0 unspecified atom stereocenters. The summed E-state index contributed by atoms with van der Waals surface area (Å²) in [5, 5.41) is 0.383. The van der Waals surface area contributed by atoms with E-state index in [0.29, 0.717) is 10.9 Å². The quantitative estimate of drug-likeness (QED) is 0.510. The van der Waals surface area contributed by atoms with E-state index in [1.54, 1.807) is 36.4 Å².